The SMILES string of the molecule is CCCC(=O)c1cc(C#N)c(N2CCC(C(=O)O)CC2)nc1CN1CCCC1=O. The topological polar surface area (TPSA) is 115 Å². The van der Waals surface area contributed by atoms with Gasteiger partial charge in [-0.1, -0.05) is 6.92 Å². The van der Waals surface area contributed by atoms with Crippen LogP contribution >= 0.6 is 0 Å². The van der Waals surface area contributed by atoms with Crippen LogP contribution in [0.4, 0.5) is 5.82 Å². The molecule has 154 valence electrons. The van der Waals surface area contributed by atoms with Gasteiger partial charge in [0.05, 0.1) is 23.7 Å². The first-order valence-corrected chi connectivity index (χ1v) is 10.2. The van der Waals surface area contributed by atoms with Crippen LogP contribution in [0.25, 0.3) is 0 Å². The first kappa shape index (κ1) is 20.8. The molecule has 0 aromatic carbocycles. The maximum atomic E-state index is 12.7. The van der Waals surface area contributed by atoms with Crippen molar-refractivity contribution in [2.75, 3.05) is 24.5 Å². The van der Waals surface area contributed by atoms with Gasteiger partial charge in [0.25, 0.3) is 0 Å². The van der Waals surface area contributed by atoms with E-state index in [0.717, 1.165) is 6.42 Å². The van der Waals surface area contributed by atoms with Crippen molar-refractivity contribution in [3.63, 3.8) is 0 Å². The molecule has 2 aliphatic heterocycles. The number of hydrogen-bond acceptors (Lipinski definition) is 6. The summed E-state index contributed by atoms with van der Waals surface area (Å²) in [7, 11) is 0. The molecule has 1 amide bonds. The number of carboxylic acids is 1. The van der Waals surface area contributed by atoms with Crippen molar-refractivity contribution >= 4 is 23.5 Å². The lowest BCUT2D eigenvalue weighted by Gasteiger charge is -2.32. The second-order valence-corrected chi connectivity index (χ2v) is 7.66. The van der Waals surface area contributed by atoms with Crippen LogP contribution in [-0.4, -0.2) is 52.3 Å². The number of anilines is 1. The average molecular weight is 398 g/mol. The smallest absolute Gasteiger partial charge is 0.306 e. The van der Waals surface area contributed by atoms with Gasteiger partial charge in [-0.3, -0.25) is 14.4 Å². The number of aliphatic carboxylic acids is 1. The standard InChI is InChI=1S/C21H26N4O4/c1-2-4-18(26)16-11-15(12-22)20(24-9-6-14(7-10-24)21(28)29)23-17(16)13-25-8-3-5-19(25)27/h11,14H,2-10,13H2,1H3,(H,28,29). The van der Waals surface area contributed by atoms with Crippen molar-refractivity contribution in [3.8, 4) is 6.07 Å². The third kappa shape index (κ3) is 4.56. The lowest BCUT2D eigenvalue weighted by Crippen LogP contribution is -2.37. The number of piperidine rings is 1. The number of hydrogen-bond donors (Lipinski definition) is 1. The molecule has 3 heterocycles. The van der Waals surface area contributed by atoms with Crippen LogP contribution in [0.5, 0.6) is 0 Å². The normalized spacial score (nSPS) is 17.4. The van der Waals surface area contributed by atoms with Crippen molar-refractivity contribution in [2.45, 2.75) is 52.0 Å². The van der Waals surface area contributed by atoms with Gasteiger partial charge in [-0.15, -0.1) is 0 Å². The molecule has 3 rings (SSSR count). The summed E-state index contributed by atoms with van der Waals surface area (Å²) in [6, 6.07) is 3.74. The Morgan fingerprint density at radius 2 is 2.03 bits per heavy atom. The third-order valence-electron chi connectivity index (χ3n) is 5.64. The molecule has 1 aromatic rings. The van der Waals surface area contributed by atoms with Crippen molar-refractivity contribution in [1.29, 1.82) is 5.26 Å². The molecule has 0 atom stereocenters. The molecular weight excluding hydrogens is 372 g/mol. The van der Waals surface area contributed by atoms with E-state index >= 15 is 0 Å². The minimum absolute atomic E-state index is 0.0499. The molecular formula is C21H26N4O4. The number of pyridine rings is 1. The molecule has 0 aliphatic carbocycles. The highest BCUT2D eigenvalue weighted by Crippen LogP contribution is 2.28. The highest BCUT2D eigenvalue weighted by molar-refractivity contribution is 5.98. The minimum Gasteiger partial charge on any atom is -0.481 e. The summed E-state index contributed by atoms with van der Waals surface area (Å²) < 4.78 is 0. The van der Waals surface area contributed by atoms with Crippen molar-refractivity contribution in [2.24, 2.45) is 5.92 Å². The fourth-order valence-electron chi connectivity index (χ4n) is 3.98. The number of carboxylic acid groups (broad SMARTS) is 1. The maximum absolute atomic E-state index is 12.7. The molecule has 0 unspecified atom stereocenters. The van der Waals surface area contributed by atoms with E-state index in [4.69, 9.17) is 0 Å². The van der Waals surface area contributed by atoms with Gasteiger partial charge in [0.1, 0.15) is 11.9 Å². The Morgan fingerprint density at radius 1 is 1.31 bits per heavy atom. The minimum atomic E-state index is -0.799. The third-order valence-corrected chi connectivity index (χ3v) is 5.64. The molecule has 1 aromatic heterocycles. The zero-order chi connectivity index (χ0) is 21.0. The number of Topliss-reactive ketones (excluding diaryl/α,β-unsaturated/α-hetero) is 1. The Balaban J connectivity index is 1.95. The number of nitriles is 1. The van der Waals surface area contributed by atoms with Gasteiger partial charge in [0.15, 0.2) is 5.78 Å². The van der Waals surface area contributed by atoms with E-state index < -0.39 is 5.97 Å². The first-order valence-electron chi connectivity index (χ1n) is 10.2. The second kappa shape index (κ2) is 9.03. The Bertz CT molecular complexity index is 853. The van der Waals surface area contributed by atoms with Gasteiger partial charge in [-0.25, -0.2) is 4.98 Å². The van der Waals surface area contributed by atoms with Gasteiger partial charge >= 0.3 is 5.97 Å². The maximum Gasteiger partial charge on any atom is 0.306 e. The molecule has 0 saturated carbocycles. The quantitative estimate of drug-likeness (QED) is 0.701. The Kier molecular flexibility index (Phi) is 6.47. The van der Waals surface area contributed by atoms with Crippen LogP contribution in [0, 0.1) is 17.2 Å². The van der Waals surface area contributed by atoms with Gasteiger partial charge in [-0.2, -0.15) is 5.26 Å². The monoisotopic (exact) mass is 398 g/mol. The molecule has 1 N–H and O–H groups in total. The van der Waals surface area contributed by atoms with Crippen molar-refractivity contribution < 1.29 is 19.5 Å². The summed E-state index contributed by atoms with van der Waals surface area (Å²) in [6.45, 7) is 3.79. The highest BCUT2D eigenvalue weighted by atomic mass is 16.4. The zero-order valence-corrected chi connectivity index (χ0v) is 16.7. The van der Waals surface area contributed by atoms with E-state index in [1.54, 1.807) is 11.0 Å². The van der Waals surface area contributed by atoms with Crippen molar-refractivity contribution in [3.05, 3.63) is 22.9 Å². The number of ketones is 1. The number of amides is 1. The van der Waals surface area contributed by atoms with E-state index in [1.807, 2.05) is 11.8 Å². The lowest BCUT2D eigenvalue weighted by atomic mass is 9.96. The number of rotatable bonds is 7. The summed E-state index contributed by atoms with van der Waals surface area (Å²) in [5.74, 6) is -0.732. The summed E-state index contributed by atoms with van der Waals surface area (Å²) in [4.78, 5) is 44.3. The zero-order valence-electron chi connectivity index (χ0n) is 16.7. The Hall–Kier alpha value is -2.95. The van der Waals surface area contributed by atoms with E-state index in [9.17, 15) is 24.8 Å². The number of aromatic nitrogens is 1. The van der Waals surface area contributed by atoms with E-state index in [-0.39, 0.29) is 24.2 Å². The predicted molar refractivity (Wildman–Crippen MR) is 105 cm³/mol. The van der Waals surface area contributed by atoms with Crippen LogP contribution in [-0.2, 0) is 16.1 Å². The number of carbonyl (C=O) groups is 3. The molecule has 8 heteroatoms. The highest BCUT2D eigenvalue weighted by Gasteiger charge is 2.29. The second-order valence-electron chi connectivity index (χ2n) is 7.66. The first-order chi connectivity index (χ1) is 13.9. The number of carbonyl (C=O) groups excluding carboxylic acids is 2. The van der Waals surface area contributed by atoms with Crippen LogP contribution in [0.1, 0.15) is 67.1 Å². The lowest BCUT2D eigenvalue weighted by molar-refractivity contribution is -0.142. The van der Waals surface area contributed by atoms with Gasteiger partial charge in [0.2, 0.25) is 5.91 Å². The summed E-state index contributed by atoms with van der Waals surface area (Å²) in [5, 5.41) is 18.9. The Morgan fingerprint density at radius 3 is 2.59 bits per heavy atom. The van der Waals surface area contributed by atoms with Crippen LogP contribution in [0.3, 0.4) is 0 Å². The van der Waals surface area contributed by atoms with E-state index in [0.29, 0.717) is 74.4 Å². The van der Waals surface area contributed by atoms with Crippen LogP contribution in [0.15, 0.2) is 6.07 Å². The van der Waals surface area contributed by atoms with Crippen LogP contribution in [0.2, 0.25) is 0 Å². The summed E-state index contributed by atoms with van der Waals surface area (Å²) >= 11 is 0. The molecule has 0 radical (unpaired) electrons. The Labute approximate surface area is 170 Å². The molecule has 8 nitrogen and oxygen atoms in total. The number of nitrogens with zero attached hydrogens (tertiary/aromatic N) is 4. The summed E-state index contributed by atoms with van der Waals surface area (Å²) in [5.41, 5.74) is 1.25. The van der Waals surface area contributed by atoms with Gasteiger partial charge in [-0.05, 0) is 31.7 Å². The van der Waals surface area contributed by atoms with Gasteiger partial charge < -0.3 is 14.9 Å². The molecule has 29 heavy (non-hydrogen) atoms. The fraction of sp³-hybridized carbons (Fsp3) is 0.571. The molecule has 0 bridgehead atoms. The summed E-state index contributed by atoms with van der Waals surface area (Å²) in [6.07, 6.45) is 3.31. The van der Waals surface area contributed by atoms with Gasteiger partial charge in [0, 0.05) is 38.0 Å². The van der Waals surface area contributed by atoms with Crippen LogP contribution < -0.4 is 4.90 Å². The molecule has 2 aliphatic rings. The average Bonchev–Trinajstić information content (AvgIpc) is 3.12. The molecule has 0 spiro atoms. The van der Waals surface area contributed by atoms with E-state index in [1.165, 1.54) is 0 Å². The molecule has 2 saturated heterocycles. The molecule has 2 fully saturated rings. The largest absolute Gasteiger partial charge is 0.481 e. The fourth-order valence-corrected chi connectivity index (χ4v) is 3.98. The predicted octanol–water partition coefficient (Wildman–Crippen LogP) is 2.36. The van der Waals surface area contributed by atoms with Crippen molar-refractivity contribution in [1.82, 2.24) is 9.88 Å². The number of likely N-dealkylation sites (tertiary alicyclic amines) is 1. The van der Waals surface area contributed by atoms with E-state index in [2.05, 4.69) is 11.1 Å².